The Kier molecular flexibility index (Phi) is 4.69. The zero-order chi connectivity index (χ0) is 10.4. The van der Waals surface area contributed by atoms with Crippen molar-refractivity contribution in [2.45, 2.75) is 13.8 Å². The van der Waals surface area contributed by atoms with Gasteiger partial charge in [-0.2, -0.15) is 0 Å². The van der Waals surface area contributed by atoms with Gasteiger partial charge in [-0.25, -0.2) is 9.80 Å². The number of morpholine rings is 1. The van der Waals surface area contributed by atoms with Gasteiger partial charge < -0.3 is 9.64 Å². The number of carbonyl (C=O) groups is 1. The van der Waals surface area contributed by atoms with Crippen LogP contribution < -0.4 is 5.43 Å². The van der Waals surface area contributed by atoms with Crippen LogP contribution in [0.4, 0.5) is 4.79 Å². The number of hydrogen-bond donors (Lipinski definition) is 1. The van der Waals surface area contributed by atoms with Gasteiger partial charge in [0.15, 0.2) is 0 Å². The van der Waals surface area contributed by atoms with Gasteiger partial charge in [0.2, 0.25) is 0 Å². The minimum Gasteiger partial charge on any atom is -0.379 e. The van der Waals surface area contributed by atoms with Gasteiger partial charge in [0.05, 0.1) is 13.2 Å². The van der Waals surface area contributed by atoms with E-state index in [4.69, 9.17) is 4.74 Å². The van der Waals surface area contributed by atoms with E-state index in [-0.39, 0.29) is 6.03 Å². The van der Waals surface area contributed by atoms with Crippen LogP contribution in [0.5, 0.6) is 0 Å². The number of ether oxygens (including phenoxy) is 1. The van der Waals surface area contributed by atoms with E-state index in [9.17, 15) is 4.79 Å². The maximum absolute atomic E-state index is 11.6. The quantitative estimate of drug-likeness (QED) is 0.713. The molecule has 0 saturated carbocycles. The highest BCUT2D eigenvalue weighted by atomic mass is 16.5. The van der Waals surface area contributed by atoms with Crippen molar-refractivity contribution in [1.82, 2.24) is 15.3 Å². The molecule has 0 radical (unpaired) electrons. The van der Waals surface area contributed by atoms with Crippen molar-refractivity contribution in [2.24, 2.45) is 0 Å². The average Bonchev–Trinajstić information content (AvgIpc) is 2.21. The van der Waals surface area contributed by atoms with Crippen molar-refractivity contribution in [3.63, 3.8) is 0 Å². The predicted molar refractivity (Wildman–Crippen MR) is 53.8 cm³/mol. The van der Waals surface area contributed by atoms with Crippen LogP contribution >= 0.6 is 0 Å². The predicted octanol–water partition coefficient (Wildman–Crippen LogP) is 0.285. The van der Waals surface area contributed by atoms with Crippen molar-refractivity contribution in [1.29, 1.82) is 0 Å². The van der Waals surface area contributed by atoms with Gasteiger partial charge in [-0.15, -0.1) is 0 Å². The Bertz CT molecular complexity index is 177. The van der Waals surface area contributed by atoms with Gasteiger partial charge in [0.25, 0.3) is 0 Å². The van der Waals surface area contributed by atoms with Gasteiger partial charge in [-0.1, -0.05) is 0 Å². The first-order valence-electron chi connectivity index (χ1n) is 5.16. The fourth-order valence-corrected chi connectivity index (χ4v) is 1.39. The third-order valence-corrected chi connectivity index (χ3v) is 2.32. The summed E-state index contributed by atoms with van der Waals surface area (Å²) < 4.78 is 5.19. The Morgan fingerprint density at radius 1 is 1.36 bits per heavy atom. The van der Waals surface area contributed by atoms with Crippen LogP contribution in [0.15, 0.2) is 0 Å². The third kappa shape index (κ3) is 3.16. The Morgan fingerprint density at radius 3 is 2.43 bits per heavy atom. The van der Waals surface area contributed by atoms with E-state index in [1.165, 1.54) is 0 Å². The fourth-order valence-electron chi connectivity index (χ4n) is 1.39. The summed E-state index contributed by atoms with van der Waals surface area (Å²) in [7, 11) is 0. The Balaban J connectivity index is 2.30. The summed E-state index contributed by atoms with van der Waals surface area (Å²) >= 11 is 0. The number of amides is 2. The number of urea groups is 1. The number of nitrogens with zero attached hydrogens (tertiary/aromatic N) is 2. The van der Waals surface area contributed by atoms with E-state index in [1.807, 2.05) is 18.9 Å². The van der Waals surface area contributed by atoms with E-state index < -0.39 is 0 Å². The van der Waals surface area contributed by atoms with Crippen LogP contribution in [0.2, 0.25) is 0 Å². The highest BCUT2D eigenvalue weighted by Gasteiger charge is 2.15. The third-order valence-electron chi connectivity index (χ3n) is 2.32. The number of hydrazine groups is 1. The smallest absolute Gasteiger partial charge is 0.331 e. The summed E-state index contributed by atoms with van der Waals surface area (Å²) in [6.45, 7) is 8.36. The maximum atomic E-state index is 11.6. The van der Waals surface area contributed by atoms with Crippen molar-refractivity contribution in [3.05, 3.63) is 0 Å². The zero-order valence-electron chi connectivity index (χ0n) is 8.95. The fraction of sp³-hybridized carbons (Fsp3) is 0.889. The minimum atomic E-state index is -0.0168. The van der Waals surface area contributed by atoms with E-state index in [0.29, 0.717) is 13.2 Å². The summed E-state index contributed by atoms with van der Waals surface area (Å²) in [6, 6.07) is -0.0168. The molecule has 1 heterocycles. The molecule has 1 saturated heterocycles. The standard InChI is InChI=1S/C9H19N3O2/c1-3-11(4-2)9(13)10-12-5-7-14-8-6-12/h3-8H2,1-2H3,(H,10,13). The number of nitrogens with one attached hydrogen (secondary N) is 1. The molecular formula is C9H19N3O2. The van der Waals surface area contributed by atoms with Gasteiger partial charge in [-0.3, -0.25) is 5.43 Å². The first-order valence-corrected chi connectivity index (χ1v) is 5.16. The average molecular weight is 201 g/mol. The molecule has 0 aromatic rings. The van der Waals surface area contributed by atoms with E-state index in [1.54, 1.807) is 4.90 Å². The molecule has 0 spiro atoms. The highest BCUT2D eigenvalue weighted by molar-refractivity contribution is 5.73. The normalized spacial score (nSPS) is 17.9. The van der Waals surface area contributed by atoms with Crippen molar-refractivity contribution in [2.75, 3.05) is 39.4 Å². The largest absolute Gasteiger partial charge is 0.379 e. The van der Waals surface area contributed by atoms with Crippen LogP contribution in [0.25, 0.3) is 0 Å². The molecule has 2 amide bonds. The van der Waals surface area contributed by atoms with Crippen LogP contribution in [-0.2, 0) is 4.74 Å². The lowest BCUT2D eigenvalue weighted by atomic mass is 10.5. The lowest BCUT2D eigenvalue weighted by Gasteiger charge is -2.29. The molecule has 5 nitrogen and oxygen atoms in total. The molecule has 0 aromatic carbocycles. The Morgan fingerprint density at radius 2 is 1.93 bits per heavy atom. The molecule has 1 aliphatic rings. The maximum Gasteiger partial charge on any atom is 0.331 e. The second kappa shape index (κ2) is 5.82. The van der Waals surface area contributed by atoms with Crippen LogP contribution in [0, 0.1) is 0 Å². The summed E-state index contributed by atoms with van der Waals surface area (Å²) in [5.41, 5.74) is 2.86. The summed E-state index contributed by atoms with van der Waals surface area (Å²) in [4.78, 5) is 13.4. The molecule has 0 unspecified atom stereocenters. The number of carbonyl (C=O) groups excluding carboxylic acids is 1. The van der Waals surface area contributed by atoms with Crippen LogP contribution in [0.1, 0.15) is 13.8 Å². The minimum absolute atomic E-state index is 0.0168. The highest BCUT2D eigenvalue weighted by Crippen LogP contribution is 1.95. The van der Waals surface area contributed by atoms with Crippen LogP contribution in [0.3, 0.4) is 0 Å². The van der Waals surface area contributed by atoms with Gasteiger partial charge in [0.1, 0.15) is 0 Å². The molecule has 0 aliphatic carbocycles. The lowest BCUT2D eigenvalue weighted by Crippen LogP contribution is -2.52. The lowest BCUT2D eigenvalue weighted by molar-refractivity contribution is 0.0163. The molecule has 82 valence electrons. The van der Waals surface area contributed by atoms with E-state index in [2.05, 4.69) is 5.43 Å². The topological polar surface area (TPSA) is 44.8 Å². The number of hydrogen-bond acceptors (Lipinski definition) is 3. The molecule has 0 bridgehead atoms. The van der Waals surface area contributed by atoms with Crippen molar-refractivity contribution < 1.29 is 9.53 Å². The summed E-state index contributed by atoms with van der Waals surface area (Å²) in [5, 5.41) is 1.91. The van der Waals surface area contributed by atoms with Gasteiger partial charge >= 0.3 is 6.03 Å². The molecule has 1 aliphatic heterocycles. The Labute approximate surface area is 85.0 Å². The van der Waals surface area contributed by atoms with Gasteiger partial charge in [0, 0.05) is 26.2 Å². The van der Waals surface area contributed by atoms with E-state index in [0.717, 1.165) is 26.2 Å². The second-order valence-corrected chi connectivity index (χ2v) is 3.19. The molecule has 1 rings (SSSR count). The molecule has 5 heteroatoms. The molecule has 1 fully saturated rings. The first-order chi connectivity index (χ1) is 6.77. The summed E-state index contributed by atoms with van der Waals surface area (Å²) in [5.74, 6) is 0. The van der Waals surface area contributed by atoms with Crippen molar-refractivity contribution >= 4 is 6.03 Å². The molecule has 1 N–H and O–H groups in total. The zero-order valence-corrected chi connectivity index (χ0v) is 8.95. The van der Waals surface area contributed by atoms with Crippen LogP contribution in [-0.4, -0.2) is 55.3 Å². The Hall–Kier alpha value is -0.810. The number of rotatable bonds is 3. The van der Waals surface area contributed by atoms with Gasteiger partial charge in [-0.05, 0) is 13.8 Å². The van der Waals surface area contributed by atoms with E-state index >= 15 is 0 Å². The molecular weight excluding hydrogens is 182 g/mol. The summed E-state index contributed by atoms with van der Waals surface area (Å²) in [6.07, 6.45) is 0. The first kappa shape index (κ1) is 11.3. The van der Waals surface area contributed by atoms with Crippen molar-refractivity contribution in [3.8, 4) is 0 Å². The molecule has 0 aromatic heterocycles. The molecule has 0 atom stereocenters. The monoisotopic (exact) mass is 201 g/mol. The second-order valence-electron chi connectivity index (χ2n) is 3.19. The SMILES string of the molecule is CCN(CC)C(=O)NN1CCOCC1. The molecule has 14 heavy (non-hydrogen) atoms.